The Kier molecular flexibility index (Phi) is 4.02. The Morgan fingerprint density at radius 2 is 1.69 bits per heavy atom. The van der Waals surface area contributed by atoms with E-state index in [0.29, 0.717) is 5.56 Å². The van der Waals surface area contributed by atoms with Crippen LogP contribution in [-0.2, 0) is 0 Å². The minimum Gasteiger partial charge on any atom is -0.294 e. The third-order valence-electron chi connectivity index (χ3n) is 1.90. The Hall–Kier alpha value is -0.970. The zero-order valence-electron chi connectivity index (χ0n) is 8.84. The Balaban J connectivity index is 2.80. The van der Waals surface area contributed by atoms with Gasteiger partial charge in [0.05, 0.1) is 0 Å². The minimum absolute atomic E-state index is 0.0661. The smallest absolute Gasteiger partial charge is 0.294 e. The molecule has 0 unspecified atom stereocenters. The average molecular weight is 248 g/mol. The van der Waals surface area contributed by atoms with Crippen LogP contribution in [0.25, 0.3) is 0 Å². The van der Waals surface area contributed by atoms with Gasteiger partial charge in [-0.1, -0.05) is 26.0 Å². The molecule has 0 N–H and O–H groups in total. The van der Waals surface area contributed by atoms with Crippen LogP contribution in [-0.4, -0.2) is 11.3 Å². The summed E-state index contributed by atoms with van der Waals surface area (Å²) in [5.41, 5.74) is -3.84. The summed E-state index contributed by atoms with van der Waals surface area (Å²) in [7, 11) is 0. The summed E-state index contributed by atoms with van der Waals surface area (Å²) in [6, 6.07) is 5.48. The first-order valence-electron chi connectivity index (χ1n) is 4.69. The zero-order chi connectivity index (χ0) is 12.3. The lowest BCUT2D eigenvalue weighted by Crippen LogP contribution is -2.07. The maximum atomic E-state index is 12.0. The molecule has 0 heterocycles. The second-order valence-electron chi connectivity index (χ2n) is 3.59. The molecular formula is C11H11F3OS. The standard InChI is InChI=1S/C11H11F3OS/c1-7(2)10(15)8-3-5-9(6-4-8)16-11(12,13)14/h3-7H,1-2H3. The molecule has 0 aromatic heterocycles. The van der Waals surface area contributed by atoms with Gasteiger partial charge in [-0.05, 0) is 23.9 Å². The van der Waals surface area contributed by atoms with Crippen molar-refractivity contribution < 1.29 is 18.0 Å². The molecular weight excluding hydrogens is 237 g/mol. The number of hydrogen-bond donors (Lipinski definition) is 0. The summed E-state index contributed by atoms with van der Waals surface area (Å²) in [5, 5.41) is 0. The van der Waals surface area contributed by atoms with E-state index in [9.17, 15) is 18.0 Å². The van der Waals surface area contributed by atoms with Gasteiger partial charge in [-0.2, -0.15) is 13.2 Å². The van der Waals surface area contributed by atoms with Gasteiger partial charge in [0.15, 0.2) is 5.78 Å². The third kappa shape index (κ3) is 3.89. The van der Waals surface area contributed by atoms with Crippen LogP contribution in [0.15, 0.2) is 29.2 Å². The molecule has 0 radical (unpaired) electrons. The normalized spacial score (nSPS) is 11.9. The van der Waals surface area contributed by atoms with Crippen LogP contribution in [0, 0.1) is 5.92 Å². The van der Waals surface area contributed by atoms with Gasteiger partial charge in [-0.3, -0.25) is 4.79 Å². The number of hydrogen-bond acceptors (Lipinski definition) is 2. The van der Waals surface area contributed by atoms with Crippen LogP contribution >= 0.6 is 11.8 Å². The summed E-state index contributed by atoms with van der Waals surface area (Å²) < 4.78 is 36.1. The van der Waals surface area contributed by atoms with Crippen LogP contribution < -0.4 is 0 Å². The van der Waals surface area contributed by atoms with E-state index in [0.717, 1.165) is 0 Å². The number of rotatable bonds is 3. The molecule has 1 aromatic carbocycles. The summed E-state index contributed by atoms with van der Waals surface area (Å²) in [4.78, 5) is 11.6. The topological polar surface area (TPSA) is 17.1 Å². The third-order valence-corrected chi connectivity index (χ3v) is 2.64. The zero-order valence-corrected chi connectivity index (χ0v) is 9.65. The SMILES string of the molecule is CC(C)C(=O)c1ccc(SC(F)(F)F)cc1. The van der Waals surface area contributed by atoms with Crippen molar-refractivity contribution >= 4 is 17.5 Å². The number of carbonyl (C=O) groups excluding carboxylic acids is 1. The van der Waals surface area contributed by atoms with Crippen LogP contribution in [0.5, 0.6) is 0 Å². The number of alkyl halides is 3. The fraction of sp³-hybridized carbons (Fsp3) is 0.364. The van der Waals surface area contributed by atoms with Crippen molar-refractivity contribution in [2.75, 3.05) is 0 Å². The molecule has 5 heteroatoms. The van der Waals surface area contributed by atoms with E-state index in [-0.39, 0.29) is 28.4 Å². The van der Waals surface area contributed by atoms with E-state index in [1.54, 1.807) is 13.8 Å². The lowest BCUT2D eigenvalue weighted by molar-refractivity contribution is -0.0328. The van der Waals surface area contributed by atoms with Crippen LogP contribution in [0.3, 0.4) is 0 Å². The molecule has 0 bridgehead atoms. The first kappa shape index (κ1) is 13.1. The summed E-state index contributed by atoms with van der Waals surface area (Å²) in [5.74, 6) is -0.218. The molecule has 0 aliphatic rings. The molecule has 0 spiro atoms. The lowest BCUT2D eigenvalue weighted by atomic mass is 10.0. The average Bonchev–Trinajstić information content (AvgIpc) is 2.15. The minimum atomic E-state index is -4.29. The van der Waals surface area contributed by atoms with Crippen molar-refractivity contribution in [3.05, 3.63) is 29.8 Å². The van der Waals surface area contributed by atoms with E-state index < -0.39 is 5.51 Å². The van der Waals surface area contributed by atoms with Gasteiger partial charge in [-0.15, -0.1) is 0 Å². The Labute approximate surface area is 96.0 Å². The number of ketones is 1. The van der Waals surface area contributed by atoms with Crippen molar-refractivity contribution in [2.45, 2.75) is 24.3 Å². The van der Waals surface area contributed by atoms with Crippen LogP contribution in [0.2, 0.25) is 0 Å². The Morgan fingerprint density at radius 3 is 2.06 bits per heavy atom. The number of halogens is 3. The van der Waals surface area contributed by atoms with Crippen LogP contribution in [0.4, 0.5) is 13.2 Å². The molecule has 16 heavy (non-hydrogen) atoms. The van der Waals surface area contributed by atoms with E-state index in [2.05, 4.69) is 0 Å². The fourth-order valence-corrected chi connectivity index (χ4v) is 1.69. The van der Waals surface area contributed by atoms with Gasteiger partial charge in [0, 0.05) is 16.4 Å². The highest BCUT2D eigenvalue weighted by Gasteiger charge is 2.29. The highest BCUT2D eigenvalue weighted by molar-refractivity contribution is 8.00. The number of carbonyl (C=O) groups is 1. The lowest BCUT2D eigenvalue weighted by Gasteiger charge is -2.07. The molecule has 1 nitrogen and oxygen atoms in total. The monoisotopic (exact) mass is 248 g/mol. The molecule has 0 aliphatic carbocycles. The molecule has 0 amide bonds. The van der Waals surface area contributed by atoms with Gasteiger partial charge < -0.3 is 0 Å². The number of benzene rings is 1. The molecule has 0 saturated carbocycles. The van der Waals surface area contributed by atoms with Crippen molar-refractivity contribution in [2.24, 2.45) is 5.92 Å². The van der Waals surface area contributed by atoms with Crippen molar-refractivity contribution in [1.29, 1.82) is 0 Å². The van der Waals surface area contributed by atoms with E-state index in [1.807, 2.05) is 0 Å². The predicted octanol–water partition coefficient (Wildman–Crippen LogP) is 4.14. The Bertz CT molecular complexity index is 368. The number of thioether (sulfide) groups is 1. The van der Waals surface area contributed by atoms with Gasteiger partial charge in [0.1, 0.15) is 0 Å². The predicted molar refractivity (Wildman–Crippen MR) is 57.5 cm³/mol. The maximum absolute atomic E-state index is 12.0. The van der Waals surface area contributed by atoms with Gasteiger partial charge in [-0.25, -0.2) is 0 Å². The molecule has 0 aliphatic heterocycles. The molecule has 88 valence electrons. The van der Waals surface area contributed by atoms with E-state index in [1.165, 1.54) is 24.3 Å². The number of Topliss-reactive ketones (excluding diaryl/α,β-unsaturated/α-hetero) is 1. The van der Waals surface area contributed by atoms with Crippen molar-refractivity contribution in [1.82, 2.24) is 0 Å². The van der Waals surface area contributed by atoms with E-state index >= 15 is 0 Å². The molecule has 0 fully saturated rings. The Morgan fingerprint density at radius 1 is 1.19 bits per heavy atom. The maximum Gasteiger partial charge on any atom is 0.446 e. The fourth-order valence-electron chi connectivity index (χ4n) is 1.15. The molecule has 0 saturated heterocycles. The second kappa shape index (κ2) is 4.91. The van der Waals surface area contributed by atoms with Crippen molar-refractivity contribution in [3.8, 4) is 0 Å². The summed E-state index contributed by atoms with van der Waals surface area (Å²) in [6.07, 6.45) is 0. The highest BCUT2D eigenvalue weighted by atomic mass is 32.2. The van der Waals surface area contributed by atoms with Crippen molar-refractivity contribution in [3.63, 3.8) is 0 Å². The summed E-state index contributed by atoms with van der Waals surface area (Å²) >= 11 is -0.182. The second-order valence-corrected chi connectivity index (χ2v) is 4.73. The summed E-state index contributed by atoms with van der Waals surface area (Å²) in [6.45, 7) is 3.50. The molecule has 1 rings (SSSR count). The molecule has 0 atom stereocenters. The first-order chi connectivity index (χ1) is 7.29. The largest absolute Gasteiger partial charge is 0.446 e. The highest BCUT2D eigenvalue weighted by Crippen LogP contribution is 2.36. The van der Waals surface area contributed by atoms with Crippen LogP contribution in [0.1, 0.15) is 24.2 Å². The first-order valence-corrected chi connectivity index (χ1v) is 5.51. The van der Waals surface area contributed by atoms with Gasteiger partial charge in [0.2, 0.25) is 0 Å². The van der Waals surface area contributed by atoms with Gasteiger partial charge >= 0.3 is 5.51 Å². The van der Waals surface area contributed by atoms with E-state index in [4.69, 9.17) is 0 Å². The molecule has 1 aromatic rings. The quantitative estimate of drug-likeness (QED) is 0.590. The van der Waals surface area contributed by atoms with Gasteiger partial charge in [0.25, 0.3) is 0 Å².